The maximum absolute atomic E-state index is 13.4. The molecular weight excluding hydrogens is 296 g/mol. The van der Waals surface area contributed by atoms with Gasteiger partial charge in [-0.1, -0.05) is 0 Å². The molecule has 1 N–H and O–H groups in total. The van der Waals surface area contributed by atoms with Gasteiger partial charge in [-0.3, -0.25) is 14.3 Å². The Balaban J connectivity index is 2.48. The van der Waals surface area contributed by atoms with Crippen molar-refractivity contribution in [2.75, 3.05) is 0 Å². The zero-order valence-corrected chi connectivity index (χ0v) is 12.5. The number of alkyl halides is 2. The first-order valence-electron chi connectivity index (χ1n) is 6.87. The van der Waals surface area contributed by atoms with Gasteiger partial charge in [0.15, 0.2) is 4.77 Å². The largest absolute Gasteiger partial charge is 0.300 e. The van der Waals surface area contributed by atoms with E-state index in [9.17, 15) is 13.6 Å². The van der Waals surface area contributed by atoms with Crippen molar-refractivity contribution in [1.29, 1.82) is 0 Å². The Bertz CT molecular complexity index is 821. The van der Waals surface area contributed by atoms with Gasteiger partial charge in [0.05, 0.1) is 5.39 Å². The van der Waals surface area contributed by atoms with Gasteiger partial charge < -0.3 is 0 Å². The van der Waals surface area contributed by atoms with Crippen LogP contribution in [0.3, 0.4) is 0 Å². The smallest absolute Gasteiger partial charge is 0.264 e. The molecule has 0 aliphatic heterocycles. The lowest BCUT2D eigenvalue weighted by molar-refractivity contribution is 0.153. The molecule has 2 heterocycles. The molecule has 0 atom stereocenters. The van der Waals surface area contributed by atoms with Gasteiger partial charge in [0, 0.05) is 23.2 Å². The number of hydrogen-bond acceptors (Lipinski definition) is 3. The lowest BCUT2D eigenvalue weighted by Crippen LogP contribution is -2.19. The number of nitrogens with one attached hydrogen (secondary N) is 1. The summed E-state index contributed by atoms with van der Waals surface area (Å²) < 4.78 is 28.6. The summed E-state index contributed by atoms with van der Waals surface area (Å²) in [5, 5.41) is -0.0586. The van der Waals surface area contributed by atoms with Gasteiger partial charge in [0.25, 0.3) is 12.0 Å². The van der Waals surface area contributed by atoms with Crippen LogP contribution in [-0.4, -0.2) is 14.5 Å². The molecule has 0 saturated heterocycles. The highest BCUT2D eigenvalue weighted by Gasteiger charge is 2.29. The molecule has 21 heavy (non-hydrogen) atoms. The predicted molar refractivity (Wildman–Crippen MR) is 78.5 cm³/mol. The number of H-pyrrole nitrogens is 1. The van der Waals surface area contributed by atoms with Crippen LogP contribution in [0, 0.1) is 4.77 Å². The molecular formula is C14H15F2N3OS. The molecule has 1 aliphatic rings. The van der Waals surface area contributed by atoms with E-state index in [0.29, 0.717) is 5.69 Å². The second-order valence-electron chi connectivity index (χ2n) is 5.63. The minimum absolute atomic E-state index is 0.0586. The van der Waals surface area contributed by atoms with Crippen molar-refractivity contribution >= 4 is 23.3 Å². The number of halogens is 2. The highest BCUT2D eigenvalue weighted by atomic mass is 32.1. The van der Waals surface area contributed by atoms with Crippen molar-refractivity contribution < 1.29 is 8.78 Å². The number of hydrogen-bond donors (Lipinski definition) is 1. The maximum atomic E-state index is 13.4. The summed E-state index contributed by atoms with van der Waals surface area (Å²) in [6, 6.07) is 1.29. The van der Waals surface area contributed by atoms with Crippen LogP contribution in [0.15, 0.2) is 10.9 Å². The van der Waals surface area contributed by atoms with E-state index in [0.717, 1.165) is 12.8 Å². The van der Waals surface area contributed by atoms with E-state index in [1.54, 1.807) is 4.57 Å². The Hall–Kier alpha value is -1.63. The van der Waals surface area contributed by atoms with Crippen molar-refractivity contribution in [1.82, 2.24) is 14.5 Å². The molecule has 0 spiro atoms. The normalized spacial score (nSPS) is 15.3. The van der Waals surface area contributed by atoms with E-state index < -0.39 is 12.0 Å². The van der Waals surface area contributed by atoms with Crippen molar-refractivity contribution in [3.8, 4) is 0 Å². The summed E-state index contributed by atoms with van der Waals surface area (Å²) in [6.45, 7) is 3.75. The van der Waals surface area contributed by atoms with E-state index >= 15 is 0 Å². The number of aromatic amines is 1. The first-order chi connectivity index (χ1) is 9.90. The number of fused-ring (bicyclic) bond motifs is 1. The summed E-state index contributed by atoms with van der Waals surface area (Å²) >= 11 is 5.16. The van der Waals surface area contributed by atoms with Crippen LogP contribution in [0.1, 0.15) is 56.3 Å². The van der Waals surface area contributed by atoms with Crippen LogP contribution in [0.5, 0.6) is 0 Å². The Labute approximate surface area is 124 Å². The minimum Gasteiger partial charge on any atom is -0.300 e. The third kappa shape index (κ3) is 2.39. The Kier molecular flexibility index (Phi) is 3.39. The number of aromatic nitrogens is 3. The summed E-state index contributed by atoms with van der Waals surface area (Å²) in [4.78, 5) is 19.0. The lowest BCUT2D eigenvalue weighted by Gasteiger charge is -2.16. The molecule has 3 rings (SSSR count). The van der Waals surface area contributed by atoms with Crippen LogP contribution in [0.2, 0.25) is 0 Å². The van der Waals surface area contributed by atoms with Crippen LogP contribution < -0.4 is 5.56 Å². The van der Waals surface area contributed by atoms with E-state index in [1.165, 1.54) is 6.07 Å². The molecule has 112 valence electrons. The van der Waals surface area contributed by atoms with Gasteiger partial charge in [-0.2, -0.15) is 0 Å². The maximum Gasteiger partial charge on any atom is 0.264 e. The fourth-order valence-electron chi connectivity index (χ4n) is 2.53. The molecule has 4 nitrogen and oxygen atoms in total. The number of pyridine rings is 1. The average Bonchev–Trinajstić information content (AvgIpc) is 3.20. The monoisotopic (exact) mass is 311 g/mol. The highest BCUT2D eigenvalue weighted by molar-refractivity contribution is 7.71. The van der Waals surface area contributed by atoms with Crippen molar-refractivity contribution in [2.24, 2.45) is 0 Å². The van der Waals surface area contributed by atoms with Gasteiger partial charge in [-0.25, -0.2) is 13.8 Å². The Morgan fingerprint density at radius 2 is 2.10 bits per heavy atom. The zero-order chi connectivity index (χ0) is 15.3. The predicted octanol–water partition coefficient (Wildman–Crippen LogP) is 3.85. The van der Waals surface area contributed by atoms with Crippen molar-refractivity contribution in [2.45, 2.75) is 45.1 Å². The Morgan fingerprint density at radius 1 is 1.43 bits per heavy atom. The molecule has 7 heteroatoms. The molecule has 0 bridgehead atoms. The molecule has 0 aromatic carbocycles. The van der Waals surface area contributed by atoms with Gasteiger partial charge in [0.1, 0.15) is 5.65 Å². The third-order valence-electron chi connectivity index (χ3n) is 3.69. The molecule has 1 aliphatic carbocycles. The van der Waals surface area contributed by atoms with Crippen LogP contribution in [0.4, 0.5) is 8.78 Å². The highest BCUT2D eigenvalue weighted by Crippen LogP contribution is 2.41. The fraction of sp³-hybridized carbons (Fsp3) is 0.500. The topological polar surface area (TPSA) is 50.7 Å². The van der Waals surface area contributed by atoms with E-state index in [2.05, 4.69) is 9.97 Å². The van der Waals surface area contributed by atoms with E-state index in [1.807, 2.05) is 13.8 Å². The molecule has 2 aromatic heterocycles. The fourth-order valence-corrected chi connectivity index (χ4v) is 2.92. The van der Waals surface area contributed by atoms with Crippen LogP contribution in [0.25, 0.3) is 11.0 Å². The molecule has 1 saturated carbocycles. The van der Waals surface area contributed by atoms with Gasteiger partial charge in [0.2, 0.25) is 0 Å². The van der Waals surface area contributed by atoms with Crippen molar-refractivity contribution in [3.63, 3.8) is 0 Å². The Morgan fingerprint density at radius 3 is 2.62 bits per heavy atom. The molecule has 0 amide bonds. The standard InChI is InChI=1S/C14H15F2N3OS/c1-6(2)19-12-10(13(20)18-14(19)21)8(11(15)16)5-9(17-12)7-3-4-7/h5-7,11H,3-4H2,1-2H3,(H,18,20,21). The number of nitrogens with zero attached hydrogens (tertiary/aromatic N) is 2. The molecule has 2 aromatic rings. The van der Waals surface area contributed by atoms with E-state index in [4.69, 9.17) is 12.2 Å². The summed E-state index contributed by atoms with van der Waals surface area (Å²) in [5.74, 6) is 0.223. The van der Waals surface area contributed by atoms with Gasteiger partial charge >= 0.3 is 0 Å². The third-order valence-corrected chi connectivity index (χ3v) is 3.99. The second kappa shape index (κ2) is 4.98. The SMILES string of the molecule is CC(C)n1c(=S)[nH]c(=O)c2c(C(F)F)cc(C3CC3)nc21. The molecule has 1 fully saturated rings. The first-order valence-corrected chi connectivity index (χ1v) is 7.28. The quantitative estimate of drug-likeness (QED) is 0.876. The van der Waals surface area contributed by atoms with Crippen LogP contribution >= 0.6 is 12.2 Å². The zero-order valence-electron chi connectivity index (χ0n) is 11.7. The molecule has 0 radical (unpaired) electrons. The average molecular weight is 311 g/mol. The number of rotatable bonds is 3. The second-order valence-corrected chi connectivity index (χ2v) is 6.02. The minimum atomic E-state index is -2.72. The first kappa shape index (κ1) is 14.3. The summed E-state index contributed by atoms with van der Waals surface area (Å²) in [5.41, 5.74) is 0.0373. The lowest BCUT2D eigenvalue weighted by atomic mass is 10.1. The van der Waals surface area contributed by atoms with Gasteiger partial charge in [-0.05, 0) is 45.0 Å². The van der Waals surface area contributed by atoms with Gasteiger partial charge in [-0.15, -0.1) is 0 Å². The van der Waals surface area contributed by atoms with Crippen molar-refractivity contribution in [3.05, 3.63) is 32.4 Å². The summed E-state index contributed by atoms with van der Waals surface area (Å²) in [6.07, 6.45) is -0.815. The molecule has 0 unspecified atom stereocenters. The van der Waals surface area contributed by atoms with Crippen LogP contribution in [-0.2, 0) is 0 Å². The summed E-state index contributed by atoms with van der Waals surface area (Å²) in [7, 11) is 0. The van der Waals surface area contributed by atoms with E-state index in [-0.39, 0.29) is 33.3 Å².